The zero-order valence-corrected chi connectivity index (χ0v) is 15.5. The molecule has 0 fully saturated rings. The summed E-state index contributed by atoms with van der Waals surface area (Å²) >= 11 is 0. The standard InChI is InChI=1S/C19H22N2O4.ClH/c1-13(11-20)18(22)21-16-10-15(19(23)24-2)8-9-17(16)25-12-14-6-4-3-5-7-14;/h3-10,13H,11-12,20H2,1-2H3,(H,21,22);1H. The number of methoxy groups -OCH3 is 1. The molecule has 0 bridgehead atoms. The first-order chi connectivity index (χ1) is 12.0. The van der Waals surface area contributed by atoms with E-state index < -0.39 is 5.97 Å². The van der Waals surface area contributed by atoms with Crippen molar-refractivity contribution < 1.29 is 19.1 Å². The van der Waals surface area contributed by atoms with Gasteiger partial charge in [0.05, 0.1) is 18.4 Å². The molecule has 0 radical (unpaired) electrons. The van der Waals surface area contributed by atoms with Crippen LogP contribution in [0.5, 0.6) is 5.75 Å². The summed E-state index contributed by atoms with van der Waals surface area (Å²) in [5.74, 6) is -0.621. The molecule has 2 aromatic carbocycles. The number of esters is 1. The van der Waals surface area contributed by atoms with E-state index in [9.17, 15) is 9.59 Å². The zero-order chi connectivity index (χ0) is 18.2. The minimum Gasteiger partial charge on any atom is -0.487 e. The summed E-state index contributed by atoms with van der Waals surface area (Å²) in [6, 6.07) is 14.4. The highest BCUT2D eigenvalue weighted by Crippen LogP contribution is 2.27. The maximum atomic E-state index is 12.2. The van der Waals surface area contributed by atoms with E-state index in [1.54, 1.807) is 19.1 Å². The Kier molecular flexibility index (Phi) is 8.61. The molecule has 7 heteroatoms. The molecule has 0 saturated carbocycles. The van der Waals surface area contributed by atoms with Gasteiger partial charge < -0.3 is 20.5 Å². The molecule has 0 spiro atoms. The van der Waals surface area contributed by atoms with Gasteiger partial charge in [-0.05, 0) is 23.8 Å². The summed E-state index contributed by atoms with van der Waals surface area (Å²) in [6.07, 6.45) is 0. The van der Waals surface area contributed by atoms with Crippen LogP contribution >= 0.6 is 12.4 Å². The first kappa shape index (κ1) is 21.5. The molecular weight excluding hydrogens is 356 g/mol. The van der Waals surface area contributed by atoms with Crippen LogP contribution in [0.25, 0.3) is 0 Å². The third kappa shape index (κ3) is 5.75. The predicted octanol–water partition coefficient (Wildman–Crippen LogP) is 3.01. The van der Waals surface area contributed by atoms with Gasteiger partial charge in [-0.25, -0.2) is 4.79 Å². The molecular formula is C19H23ClN2O4. The Labute approximate surface area is 159 Å². The van der Waals surface area contributed by atoms with Crippen molar-refractivity contribution in [1.82, 2.24) is 0 Å². The van der Waals surface area contributed by atoms with E-state index in [1.165, 1.54) is 13.2 Å². The molecule has 0 saturated heterocycles. The number of rotatable bonds is 7. The van der Waals surface area contributed by atoms with Gasteiger partial charge in [-0.2, -0.15) is 0 Å². The lowest BCUT2D eigenvalue weighted by Crippen LogP contribution is -2.27. The molecule has 1 atom stereocenters. The van der Waals surface area contributed by atoms with E-state index in [2.05, 4.69) is 5.32 Å². The Hall–Kier alpha value is -2.57. The van der Waals surface area contributed by atoms with E-state index in [1.807, 2.05) is 30.3 Å². The highest BCUT2D eigenvalue weighted by atomic mass is 35.5. The number of anilines is 1. The molecule has 1 amide bonds. The number of benzene rings is 2. The van der Waals surface area contributed by atoms with Gasteiger partial charge in [-0.3, -0.25) is 4.79 Å². The Bertz CT molecular complexity index is 738. The predicted molar refractivity (Wildman–Crippen MR) is 103 cm³/mol. The Balaban J connectivity index is 0.00000338. The van der Waals surface area contributed by atoms with Crippen molar-refractivity contribution in [1.29, 1.82) is 0 Å². The van der Waals surface area contributed by atoms with Crippen molar-refractivity contribution in [2.24, 2.45) is 11.7 Å². The fraction of sp³-hybridized carbons (Fsp3) is 0.263. The van der Waals surface area contributed by atoms with Gasteiger partial charge in [0.15, 0.2) is 0 Å². The zero-order valence-electron chi connectivity index (χ0n) is 14.7. The monoisotopic (exact) mass is 378 g/mol. The third-order valence-corrected chi connectivity index (χ3v) is 3.70. The number of hydrogen-bond donors (Lipinski definition) is 2. The topological polar surface area (TPSA) is 90.6 Å². The van der Waals surface area contributed by atoms with Gasteiger partial charge in [0.1, 0.15) is 12.4 Å². The highest BCUT2D eigenvalue weighted by molar-refractivity contribution is 5.97. The summed E-state index contributed by atoms with van der Waals surface area (Å²) in [4.78, 5) is 23.9. The van der Waals surface area contributed by atoms with Gasteiger partial charge in [-0.1, -0.05) is 37.3 Å². The summed E-state index contributed by atoms with van der Waals surface area (Å²) in [7, 11) is 1.30. The second-order valence-corrected chi connectivity index (χ2v) is 5.60. The van der Waals surface area contributed by atoms with Crippen LogP contribution in [0, 0.1) is 5.92 Å². The lowest BCUT2D eigenvalue weighted by Gasteiger charge is -2.15. The smallest absolute Gasteiger partial charge is 0.337 e. The van der Waals surface area contributed by atoms with Gasteiger partial charge >= 0.3 is 5.97 Å². The third-order valence-electron chi connectivity index (χ3n) is 3.70. The fourth-order valence-electron chi connectivity index (χ4n) is 2.10. The Morgan fingerprint density at radius 1 is 1.15 bits per heavy atom. The number of carbonyl (C=O) groups is 2. The summed E-state index contributed by atoms with van der Waals surface area (Å²) in [5.41, 5.74) is 7.26. The van der Waals surface area contributed by atoms with Crippen LogP contribution < -0.4 is 15.8 Å². The number of nitrogens with two attached hydrogens (primary N) is 1. The van der Waals surface area contributed by atoms with Crippen molar-refractivity contribution in [2.45, 2.75) is 13.5 Å². The quantitative estimate of drug-likeness (QED) is 0.723. The Morgan fingerprint density at radius 3 is 2.46 bits per heavy atom. The molecule has 0 aliphatic rings. The molecule has 0 aliphatic heterocycles. The molecule has 1 unspecified atom stereocenters. The molecule has 0 aromatic heterocycles. The summed E-state index contributed by atoms with van der Waals surface area (Å²) in [6.45, 7) is 2.29. The number of carbonyl (C=O) groups excluding carboxylic acids is 2. The van der Waals surface area contributed by atoms with Gasteiger partial charge in [0.2, 0.25) is 5.91 Å². The molecule has 140 valence electrons. The fourth-order valence-corrected chi connectivity index (χ4v) is 2.10. The molecule has 2 aromatic rings. The molecule has 26 heavy (non-hydrogen) atoms. The van der Waals surface area contributed by atoms with Crippen molar-refractivity contribution in [3.63, 3.8) is 0 Å². The average Bonchev–Trinajstić information content (AvgIpc) is 2.66. The van der Waals surface area contributed by atoms with Crippen LogP contribution in [0.2, 0.25) is 0 Å². The normalized spacial score (nSPS) is 11.0. The van der Waals surface area contributed by atoms with E-state index in [-0.39, 0.29) is 30.8 Å². The lowest BCUT2D eigenvalue weighted by atomic mass is 10.1. The average molecular weight is 379 g/mol. The molecule has 0 heterocycles. The second kappa shape index (κ2) is 10.4. The number of amides is 1. The van der Waals surface area contributed by atoms with Crippen molar-refractivity contribution >= 4 is 30.0 Å². The molecule has 0 aliphatic carbocycles. The van der Waals surface area contributed by atoms with E-state index in [0.29, 0.717) is 23.6 Å². The molecule has 3 N–H and O–H groups in total. The van der Waals surface area contributed by atoms with Crippen LogP contribution in [0.4, 0.5) is 5.69 Å². The summed E-state index contributed by atoms with van der Waals surface area (Å²) in [5, 5.41) is 2.77. The number of ether oxygens (including phenoxy) is 2. The maximum Gasteiger partial charge on any atom is 0.337 e. The van der Waals surface area contributed by atoms with Crippen LogP contribution in [0.3, 0.4) is 0 Å². The molecule has 2 rings (SSSR count). The van der Waals surface area contributed by atoms with Crippen molar-refractivity contribution in [3.8, 4) is 5.75 Å². The van der Waals surface area contributed by atoms with Gasteiger partial charge in [-0.15, -0.1) is 12.4 Å². The van der Waals surface area contributed by atoms with E-state index >= 15 is 0 Å². The number of halogens is 1. The van der Waals surface area contributed by atoms with Crippen LogP contribution in [0.1, 0.15) is 22.8 Å². The maximum absolute atomic E-state index is 12.2. The van der Waals surface area contributed by atoms with E-state index in [0.717, 1.165) is 5.56 Å². The molecule has 6 nitrogen and oxygen atoms in total. The minimum absolute atomic E-state index is 0. The highest BCUT2D eigenvalue weighted by Gasteiger charge is 2.16. The second-order valence-electron chi connectivity index (χ2n) is 5.60. The van der Waals surface area contributed by atoms with Crippen molar-refractivity contribution in [2.75, 3.05) is 19.0 Å². The van der Waals surface area contributed by atoms with Crippen LogP contribution in [-0.2, 0) is 16.1 Å². The number of hydrogen-bond acceptors (Lipinski definition) is 5. The largest absolute Gasteiger partial charge is 0.487 e. The van der Waals surface area contributed by atoms with Gasteiger partial charge in [0, 0.05) is 12.5 Å². The van der Waals surface area contributed by atoms with E-state index in [4.69, 9.17) is 15.2 Å². The minimum atomic E-state index is -0.489. The SMILES string of the molecule is COC(=O)c1ccc(OCc2ccccc2)c(NC(=O)C(C)CN)c1.Cl. The van der Waals surface area contributed by atoms with Crippen LogP contribution in [-0.4, -0.2) is 25.5 Å². The first-order valence-electron chi connectivity index (χ1n) is 7.95. The van der Waals surface area contributed by atoms with Crippen LogP contribution in [0.15, 0.2) is 48.5 Å². The first-order valence-corrected chi connectivity index (χ1v) is 7.95. The van der Waals surface area contributed by atoms with Gasteiger partial charge in [0.25, 0.3) is 0 Å². The summed E-state index contributed by atoms with van der Waals surface area (Å²) < 4.78 is 10.5. The number of nitrogens with one attached hydrogen (secondary N) is 1. The lowest BCUT2D eigenvalue weighted by molar-refractivity contribution is -0.119. The Morgan fingerprint density at radius 2 is 1.85 bits per heavy atom. The van der Waals surface area contributed by atoms with Crippen molar-refractivity contribution in [3.05, 3.63) is 59.7 Å².